The third-order valence-electron chi connectivity index (χ3n) is 3.24. The fraction of sp³-hybridized carbons (Fsp3) is 0.222. The van der Waals surface area contributed by atoms with Crippen LogP contribution in [0.3, 0.4) is 0 Å². The van der Waals surface area contributed by atoms with Crippen LogP contribution in [0.25, 0.3) is 0 Å². The number of carbonyl (C=O) groups is 1. The molecule has 2 rings (SSSR count). The first-order chi connectivity index (χ1) is 10.7. The highest BCUT2D eigenvalue weighted by Gasteiger charge is 2.13. The van der Waals surface area contributed by atoms with Gasteiger partial charge in [-0.15, -0.1) is 0 Å². The van der Waals surface area contributed by atoms with E-state index in [4.69, 9.17) is 5.26 Å². The molecule has 0 saturated carbocycles. The predicted octanol–water partition coefficient (Wildman–Crippen LogP) is 2.72. The van der Waals surface area contributed by atoms with Crippen molar-refractivity contribution in [1.82, 2.24) is 5.32 Å². The number of carbonyl (C=O) groups excluding carboxylic acids is 1. The molecule has 0 fully saturated rings. The van der Waals surface area contributed by atoms with Crippen LogP contribution in [-0.2, 0) is 11.3 Å². The van der Waals surface area contributed by atoms with Gasteiger partial charge in [0.15, 0.2) is 0 Å². The summed E-state index contributed by atoms with van der Waals surface area (Å²) in [5.41, 5.74) is 2.11. The lowest BCUT2D eigenvalue weighted by Gasteiger charge is -2.24. The maximum Gasteiger partial charge on any atom is 0.240 e. The molecule has 1 atom stereocenters. The molecule has 0 unspecified atom stereocenters. The minimum Gasteiger partial charge on any atom is -0.358 e. The molecule has 0 heterocycles. The maximum atomic E-state index is 12.1. The van der Waals surface area contributed by atoms with Crippen molar-refractivity contribution in [2.24, 2.45) is 0 Å². The smallest absolute Gasteiger partial charge is 0.240 e. The first-order valence-electron chi connectivity index (χ1n) is 7.22. The van der Waals surface area contributed by atoms with E-state index in [-0.39, 0.29) is 12.5 Å². The zero-order valence-corrected chi connectivity index (χ0v) is 12.6. The molecule has 4 nitrogen and oxygen atoms in total. The van der Waals surface area contributed by atoms with Crippen molar-refractivity contribution in [3.05, 3.63) is 66.2 Å². The molecular formula is C18H19N3O. The number of para-hydroxylation sites is 1. The van der Waals surface area contributed by atoms with Crippen LogP contribution in [0, 0.1) is 11.3 Å². The number of hydrogen-bond donors (Lipinski definition) is 1. The predicted molar refractivity (Wildman–Crippen MR) is 87.2 cm³/mol. The molecule has 0 aromatic heterocycles. The van der Waals surface area contributed by atoms with Gasteiger partial charge in [0.05, 0.1) is 12.6 Å². The average Bonchev–Trinajstić information content (AvgIpc) is 2.56. The molecule has 0 radical (unpaired) electrons. The van der Waals surface area contributed by atoms with Crippen LogP contribution in [0.1, 0.15) is 12.5 Å². The summed E-state index contributed by atoms with van der Waals surface area (Å²) in [7, 11) is 0. The Balaban J connectivity index is 2.12. The summed E-state index contributed by atoms with van der Waals surface area (Å²) in [6.07, 6.45) is 0. The highest BCUT2D eigenvalue weighted by molar-refractivity contribution is 5.81. The van der Waals surface area contributed by atoms with E-state index < -0.39 is 6.04 Å². The molecule has 0 bridgehead atoms. The first-order valence-corrected chi connectivity index (χ1v) is 7.22. The van der Waals surface area contributed by atoms with E-state index in [0.717, 1.165) is 11.3 Å². The molecule has 2 aromatic carbocycles. The number of nitrogens with one attached hydrogen (secondary N) is 1. The second-order valence-corrected chi connectivity index (χ2v) is 5.10. The summed E-state index contributed by atoms with van der Waals surface area (Å²) < 4.78 is 0. The Morgan fingerprint density at radius 3 is 2.32 bits per heavy atom. The second kappa shape index (κ2) is 7.84. The summed E-state index contributed by atoms with van der Waals surface area (Å²) in [4.78, 5) is 14.1. The molecule has 1 N–H and O–H groups in total. The highest BCUT2D eigenvalue weighted by Crippen LogP contribution is 2.16. The number of benzene rings is 2. The van der Waals surface area contributed by atoms with Crippen LogP contribution < -0.4 is 10.2 Å². The van der Waals surface area contributed by atoms with Crippen LogP contribution in [-0.4, -0.2) is 18.5 Å². The summed E-state index contributed by atoms with van der Waals surface area (Å²) >= 11 is 0. The van der Waals surface area contributed by atoms with E-state index in [1.807, 2.05) is 71.6 Å². The molecule has 0 saturated heterocycles. The monoisotopic (exact) mass is 293 g/mol. The van der Waals surface area contributed by atoms with Gasteiger partial charge in [0.2, 0.25) is 5.91 Å². The van der Waals surface area contributed by atoms with E-state index in [1.54, 1.807) is 6.92 Å². The zero-order valence-electron chi connectivity index (χ0n) is 12.6. The fourth-order valence-electron chi connectivity index (χ4n) is 2.17. The number of nitriles is 1. The molecule has 2 aromatic rings. The van der Waals surface area contributed by atoms with Gasteiger partial charge in [-0.3, -0.25) is 4.79 Å². The highest BCUT2D eigenvalue weighted by atomic mass is 16.2. The molecule has 4 heteroatoms. The van der Waals surface area contributed by atoms with Crippen molar-refractivity contribution in [1.29, 1.82) is 5.26 Å². The molecular weight excluding hydrogens is 274 g/mol. The Morgan fingerprint density at radius 2 is 1.73 bits per heavy atom. The van der Waals surface area contributed by atoms with Crippen molar-refractivity contribution in [2.45, 2.75) is 19.5 Å². The summed E-state index contributed by atoms with van der Waals surface area (Å²) in [5.74, 6) is -0.158. The topological polar surface area (TPSA) is 56.1 Å². The Morgan fingerprint density at radius 1 is 1.14 bits per heavy atom. The second-order valence-electron chi connectivity index (χ2n) is 5.10. The van der Waals surface area contributed by atoms with Gasteiger partial charge in [0.1, 0.15) is 6.04 Å². The number of anilines is 1. The van der Waals surface area contributed by atoms with E-state index in [2.05, 4.69) is 5.32 Å². The molecule has 1 amide bonds. The van der Waals surface area contributed by atoms with Gasteiger partial charge in [-0.2, -0.15) is 5.26 Å². The minimum atomic E-state index is -0.484. The van der Waals surface area contributed by atoms with E-state index in [9.17, 15) is 4.79 Å². The van der Waals surface area contributed by atoms with Crippen LogP contribution in [0.4, 0.5) is 5.69 Å². The van der Waals surface area contributed by atoms with Gasteiger partial charge in [-0.25, -0.2) is 0 Å². The number of amides is 1. The van der Waals surface area contributed by atoms with Crippen LogP contribution in [0.5, 0.6) is 0 Å². The van der Waals surface area contributed by atoms with Crippen LogP contribution in [0.2, 0.25) is 0 Å². The fourth-order valence-corrected chi connectivity index (χ4v) is 2.17. The average molecular weight is 293 g/mol. The molecule has 0 spiro atoms. The SMILES string of the molecule is C[C@@H](C#N)NC(=O)CN(Cc1ccccc1)c1ccccc1. The Kier molecular flexibility index (Phi) is 5.56. The van der Waals surface area contributed by atoms with Gasteiger partial charge in [-0.05, 0) is 24.6 Å². The van der Waals surface area contributed by atoms with Gasteiger partial charge < -0.3 is 10.2 Å². The molecule has 22 heavy (non-hydrogen) atoms. The van der Waals surface area contributed by atoms with Gasteiger partial charge in [0.25, 0.3) is 0 Å². The minimum absolute atomic E-state index is 0.158. The standard InChI is InChI=1S/C18H19N3O/c1-15(12-19)20-18(22)14-21(17-10-6-3-7-11-17)13-16-8-4-2-5-9-16/h2-11,15H,13-14H2,1H3,(H,20,22)/t15-/m0/s1. The quantitative estimate of drug-likeness (QED) is 0.891. The van der Waals surface area contributed by atoms with Crippen LogP contribution in [0.15, 0.2) is 60.7 Å². The van der Waals surface area contributed by atoms with Crippen molar-refractivity contribution in [3.8, 4) is 6.07 Å². The summed E-state index contributed by atoms with van der Waals surface area (Å²) in [6, 6.07) is 21.3. The van der Waals surface area contributed by atoms with Crippen molar-refractivity contribution in [3.63, 3.8) is 0 Å². The van der Waals surface area contributed by atoms with Gasteiger partial charge >= 0.3 is 0 Å². The normalized spacial score (nSPS) is 11.3. The third-order valence-corrected chi connectivity index (χ3v) is 3.24. The third kappa shape index (κ3) is 4.64. The lowest BCUT2D eigenvalue weighted by Crippen LogP contribution is -2.40. The Bertz CT molecular complexity index is 634. The number of nitrogens with zero attached hydrogens (tertiary/aromatic N) is 2. The van der Waals surface area contributed by atoms with E-state index in [1.165, 1.54) is 0 Å². The Hall–Kier alpha value is -2.80. The summed E-state index contributed by atoms with van der Waals surface area (Å²) in [6.45, 7) is 2.52. The van der Waals surface area contributed by atoms with Gasteiger partial charge in [-0.1, -0.05) is 48.5 Å². The van der Waals surface area contributed by atoms with Crippen molar-refractivity contribution in [2.75, 3.05) is 11.4 Å². The number of rotatable bonds is 6. The summed E-state index contributed by atoms with van der Waals surface area (Å²) in [5, 5.41) is 11.5. The lowest BCUT2D eigenvalue weighted by atomic mass is 10.2. The number of hydrogen-bond acceptors (Lipinski definition) is 3. The maximum absolute atomic E-state index is 12.1. The van der Waals surface area contributed by atoms with Crippen LogP contribution >= 0.6 is 0 Å². The first kappa shape index (κ1) is 15.6. The molecule has 112 valence electrons. The molecule has 0 aliphatic rings. The Labute approximate surface area is 131 Å². The molecule has 0 aliphatic heterocycles. The zero-order chi connectivity index (χ0) is 15.8. The lowest BCUT2D eigenvalue weighted by molar-refractivity contribution is -0.120. The van der Waals surface area contributed by atoms with E-state index >= 15 is 0 Å². The van der Waals surface area contributed by atoms with Crippen molar-refractivity contribution >= 4 is 11.6 Å². The molecule has 0 aliphatic carbocycles. The largest absolute Gasteiger partial charge is 0.358 e. The van der Waals surface area contributed by atoms with E-state index in [0.29, 0.717) is 6.54 Å². The van der Waals surface area contributed by atoms with Crippen molar-refractivity contribution < 1.29 is 4.79 Å². The van der Waals surface area contributed by atoms with Gasteiger partial charge in [0, 0.05) is 12.2 Å².